The summed E-state index contributed by atoms with van der Waals surface area (Å²) in [6, 6.07) is 10.5. The zero-order valence-electron chi connectivity index (χ0n) is 22.2. The van der Waals surface area contributed by atoms with Crippen LogP contribution in [0.5, 0.6) is 17.2 Å². The van der Waals surface area contributed by atoms with Gasteiger partial charge in [-0.1, -0.05) is 31.5 Å². The smallest absolute Gasteiger partial charge is 0.300 e. The first-order chi connectivity index (χ1) is 18.5. The van der Waals surface area contributed by atoms with E-state index >= 15 is 0 Å². The molecular formula is C30H29ClFNO6. The fraction of sp³-hybridized carbons (Fsp3) is 0.267. The van der Waals surface area contributed by atoms with Crippen molar-refractivity contribution in [2.75, 3.05) is 18.6 Å². The Hall–Kier alpha value is -4.04. The van der Waals surface area contributed by atoms with E-state index in [-0.39, 0.29) is 46.1 Å². The quantitative estimate of drug-likeness (QED) is 0.193. The maximum absolute atomic E-state index is 14.0. The fourth-order valence-electron chi connectivity index (χ4n) is 4.75. The molecule has 0 aromatic heterocycles. The van der Waals surface area contributed by atoms with E-state index in [1.807, 2.05) is 13.8 Å². The van der Waals surface area contributed by atoms with Crippen LogP contribution < -0.4 is 14.4 Å². The number of methoxy groups -OCH3 is 1. The van der Waals surface area contributed by atoms with Gasteiger partial charge in [-0.15, -0.1) is 0 Å². The molecule has 1 amide bonds. The van der Waals surface area contributed by atoms with E-state index in [4.69, 9.17) is 21.1 Å². The van der Waals surface area contributed by atoms with E-state index in [9.17, 15) is 24.2 Å². The first kappa shape index (κ1) is 28.0. The minimum atomic E-state index is -1.13. The molecule has 0 saturated carbocycles. The van der Waals surface area contributed by atoms with Crippen LogP contribution in [-0.4, -0.2) is 35.6 Å². The van der Waals surface area contributed by atoms with E-state index in [1.165, 1.54) is 30.3 Å². The molecule has 4 rings (SSSR count). The Kier molecular flexibility index (Phi) is 7.88. The molecule has 39 heavy (non-hydrogen) atoms. The molecule has 1 heterocycles. The lowest BCUT2D eigenvalue weighted by Crippen LogP contribution is -2.29. The summed E-state index contributed by atoms with van der Waals surface area (Å²) in [7, 11) is 1.56. The number of aliphatic hydroxyl groups is 1. The van der Waals surface area contributed by atoms with Gasteiger partial charge < -0.3 is 19.7 Å². The molecule has 1 atom stereocenters. The molecule has 3 aromatic carbocycles. The van der Waals surface area contributed by atoms with Crippen LogP contribution in [0.4, 0.5) is 10.1 Å². The number of rotatable bonds is 7. The molecule has 0 spiro atoms. The summed E-state index contributed by atoms with van der Waals surface area (Å²) in [5, 5.41) is 21.7. The van der Waals surface area contributed by atoms with E-state index in [0.29, 0.717) is 22.4 Å². The van der Waals surface area contributed by atoms with Gasteiger partial charge in [0.05, 0.1) is 30.4 Å². The zero-order chi connectivity index (χ0) is 28.6. The van der Waals surface area contributed by atoms with Crippen LogP contribution >= 0.6 is 11.6 Å². The van der Waals surface area contributed by atoms with Gasteiger partial charge in [0.2, 0.25) is 0 Å². The zero-order valence-corrected chi connectivity index (χ0v) is 23.0. The lowest BCUT2D eigenvalue weighted by molar-refractivity contribution is -0.132. The predicted molar refractivity (Wildman–Crippen MR) is 147 cm³/mol. The molecule has 1 unspecified atom stereocenters. The van der Waals surface area contributed by atoms with Gasteiger partial charge >= 0.3 is 0 Å². The van der Waals surface area contributed by atoms with Crippen molar-refractivity contribution < 1.29 is 33.7 Å². The lowest BCUT2D eigenvalue weighted by atomic mass is 9.91. The first-order valence-corrected chi connectivity index (χ1v) is 12.8. The number of aliphatic hydroxyl groups excluding tert-OH is 1. The summed E-state index contributed by atoms with van der Waals surface area (Å²) < 4.78 is 25.0. The number of hydrogen-bond acceptors (Lipinski definition) is 6. The van der Waals surface area contributed by atoms with Crippen LogP contribution in [0.1, 0.15) is 55.0 Å². The number of anilines is 1. The number of Topliss-reactive ketones (excluding diaryl/α,β-unsaturated/α-hetero) is 1. The van der Waals surface area contributed by atoms with Crippen LogP contribution in [0.3, 0.4) is 0 Å². The Morgan fingerprint density at radius 1 is 1.10 bits per heavy atom. The summed E-state index contributed by atoms with van der Waals surface area (Å²) in [6.07, 6.45) is 0. The molecule has 1 aliphatic rings. The highest BCUT2D eigenvalue weighted by atomic mass is 35.5. The van der Waals surface area contributed by atoms with E-state index < -0.39 is 23.5 Å². The number of ketones is 1. The van der Waals surface area contributed by atoms with Crippen molar-refractivity contribution in [1.29, 1.82) is 0 Å². The van der Waals surface area contributed by atoms with E-state index in [2.05, 4.69) is 0 Å². The highest BCUT2D eigenvalue weighted by Crippen LogP contribution is 2.45. The molecule has 1 saturated heterocycles. The predicted octanol–water partition coefficient (Wildman–Crippen LogP) is 6.65. The second-order valence-electron chi connectivity index (χ2n) is 9.49. The Labute approximate surface area is 231 Å². The summed E-state index contributed by atoms with van der Waals surface area (Å²) >= 11 is 6.02. The van der Waals surface area contributed by atoms with Crippen LogP contribution in [0.25, 0.3) is 5.76 Å². The maximum Gasteiger partial charge on any atom is 0.300 e. The third kappa shape index (κ3) is 5.04. The maximum atomic E-state index is 14.0. The normalized spacial score (nSPS) is 16.7. The van der Waals surface area contributed by atoms with Gasteiger partial charge in [-0.3, -0.25) is 14.5 Å². The van der Waals surface area contributed by atoms with Crippen molar-refractivity contribution in [3.8, 4) is 17.2 Å². The third-order valence-corrected chi connectivity index (χ3v) is 6.97. The molecular weight excluding hydrogens is 525 g/mol. The van der Waals surface area contributed by atoms with Crippen LogP contribution in [0, 0.1) is 12.7 Å². The SMILES string of the molecule is CCOc1cc(C2/C(=C(\O)c3cc(C(C)C)c(OC)cc3C)C(=O)C(=O)N2c2ccc(F)c(Cl)c2)ccc1O. The average molecular weight is 554 g/mol. The van der Waals surface area contributed by atoms with Gasteiger partial charge in [0, 0.05) is 11.3 Å². The number of benzene rings is 3. The van der Waals surface area contributed by atoms with Gasteiger partial charge in [-0.25, -0.2) is 4.39 Å². The molecule has 0 bridgehead atoms. The fourth-order valence-corrected chi connectivity index (χ4v) is 4.92. The Bertz CT molecular complexity index is 1500. The van der Waals surface area contributed by atoms with Gasteiger partial charge in [0.15, 0.2) is 11.5 Å². The minimum Gasteiger partial charge on any atom is -0.507 e. The number of aryl methyl sites for hydroxylation is 1. The van der Waals surface area contributed by atoms with Crippen molar-refractivity contribution in [2.45, 2.75) is 39.7 Å². The summed E-state index contributed by atoms with van der Waals surface area (Å²) in [5.74, 6) is -2.23. The summed E-state index contributed by atoms with van der Waals surface area (Å²) in [6.45, 7) is 7.71. The summed E-state index contributed by atoms with van der Waals surface area (Å²) in [4.78, 5) is 28.2. The van der Waals surface area contributed by atoms with Crippen LogP contribution in [-0.2, 0) is 9.59 Å². The van der Waals surface area contributed by atoms with Gasteiger partial charge in [0.25, 0.3) is 11.7 Å². The average Bonchev–Trinajstić information content (AvgIpc) is 3.16. The number of carbonyl (C=O) groups excluding carboxylic acids is 2. The highest BCUT2D eigenvalue weighted by molar-refractivity contribution is 6.51. The number of halogens is 2. The van der Waals surface area contributed by atoms with Gasteiger partial charge in [-0.05, 0) is 78.9 Å². The second-order valence-corrected chi connectivity index (χ2v) is 9.90. The van der Waals surface area contributed by atoms with E-state index in [0.717, 1.165) is 16.5 Å². The number of phenols is 1. The number of ether oxygens (including phenoxy) is 2. The number of carbonyl (C=O) groups is 2. The van der Waals surface area contributed by atoms with Crippen LogP contribution in [0.2, 0.25) is 5.02 Å². The number of phenolic OH excluding ortho intramolecular Hbond substituents is 1. The Morgan fingerprint density at radius 2 is 1.82 bits per heavy atom. The van der Waals surface area contributed by atoms with E-state index in [1.54, 1.807) is 33.1 Å². The Balaban J connectivity index is 2.02. The molecule has 1 fully saturated rings. The van der Waals surface area contributed by atoms with Gasteiger partial charge in [-0.2, -0.15) is 0 Å². The van der Waals surface area contributed by atoms with Crippen molar-refractivity contribution in [2.24, 2.45) is 0 Å². The molecule has 1 aliphatic heterocycles. The first-order valence-electron chi connectivity index (χ1n) is 12.4. The number of aromatic hydroxyl groups is 1. The molecule has 0 radical (unpaired) electrons. The van der Waals surface area contributed by atoms with Crippen molar-refractivity contribution in [1.82, 2.24) is 0 Å². The largest absolute Gasteiger partial charge is 0.507 e. The number of nitrogens with zero attached hydrogens (tertiary/aromatic N) is 1. The van der Waals surface area contributed by atoms with Crippen molar-refractivity contribution in [3.63, 3.8) is 0 Å². The number of hydrogen-bond donors (Lipinski definition) is 2. The topological polar surface area (TPSA) is 96.3 Å². The molecule has 2 N–H and O–H groups in total. The lowest BCUT2D eigenvalue weighted by Gasteiger charge is -2.26. The summed E-state index contributed by atoms with van der Waals surface area (Å²) in [5.41, 5.74) is 2.17. The molecule has 3 aromatic rings. The minimum absolute atomic E-state index is 0.0394. The third-order valence-electron chi connectivity index (χ3n) is 6.68. The molecule has 7 nitrogen and oxygen atoms in total. The molecule has 204 valence electrons. The second kappa shape index (κ2) is 11.0. The monoisotopic (exact) mass is 553 g/mol. The molecule has 0 aliphatic carbocycles. The highest BCUT2D eigenvalue weighted by Gasteiger charge is 2.47. The number of amides is 1. The van der Waals surface area contributed by atoms with Crippen molar-refractivity contribution in [3.05, 3.63) is 87.2 Å². The van der Waals surface area contributed by atoms with Gasteiger partial charge in [0.1, 0.15) is 17.3 Å². The Morgan fingerprint density at radius 3 is 2.44 bits per heavy atom. The molecule has 9 heteroatoms. The standard InChI is InChI=1S/C30H29ClFNO6/c1-6-39-25-12-17(7-10-23(25)34)27-26(28(35)20-14-19(15(2)3)24(38-5)11-16(20)4)29(36)30(37)33(27)18-8-9-22(32)21(31)13-18/h7-15,27,34-35H,6H2,1-5H3/b28-26+. The van der Waals surface area contributed by atoms with Crippen molar-refractivity contribution >= 4 is 34.7 Å². The van der Waals surface area contributed by atoms with Crippen LogP contribution in [0.15, 0.2) is 54.1 Å².